The molecule has 232 valence electrons. The summed E-state index contributed by atoms with van der Waals surface area (Å²) in [4.78, 5) is 4.60. The molecule has 5 aromatic rings. The van der Waals surface area contributed by atoms with Gasteiger partial charge in [0.05, 0.1) is 0 Å². The van der Waals surface area contributed by atoms with E-state index in [9.17, 15) is 0 Å². The molecular weight excluding hydrogens is 573 g/mol. The predicted molar refractivity (Wildman–Crippen MR) is 190 cm³/mol. The van der Waals surface area contributed by atoms with E-state index < -0.39 is 8.80 Å². The van der Waals surface area contributed by atoms with Gasteiger partial charge in [0.1, 0.15) is 0 Å². The zero-order chi connectivity index (χ0) is 31.8. The zero-order valence-corrected chi connectivity index (χ0v) is 28.3. The first kappa shape index (κ1) is 32.2. The molecule has 0 fully saturated rings. The predicted octanol–water partition coefficient (Wildman–Crippen LogP) is 9.81. The standard InChI is InChI=1S/C39H44N2O3Si/c1-7-42-45(43-8-2,44-9-3)39-27-25-36(26-28-39)41(35-23-17-32(6)18-24-35)38-12-10-11-37(29-38)40(33-19-13-30(4)14-20-33)34-21-15-31(5)16-22-34/h10-29H,7-9H2,1-6H3. The summed E-state index contributed by atoms with van der Waals surface area (Å²) in [6.07, 6.45) is 0. The molecule has 5 aromatic carbocycles. The van der Waals surface area contributed by atoms with Crippen LogP contribution >= 0.6 is 0 Å². The van der Waals surface area contributed by atoms with Gasteiger partial charge >= 0.3 is 8.80 Å². The summed E-state index contributed by atoms with van der Waals surface area (Å²) in [6, 6.07) is 43.2. The van der Waals surface area contributed by atoms with Crippen molar-refractivity contribution in [3.05, 3.63) is 138 Å². The normalized spacial score (nSPS) is 11.4. The topological polar surface area (TPSA) is 34.2 Å². The second kappa shape index (κ2) is 14.7. The highest BCUT2D eigenvalue weighted by Crippen LogP contribution is 2.40. The molecule has 0 aliphatic carbocycles. The number of nitrogens with zero attached hydrogens (tertiary/aromatic N) is 2. The van der Waals surface area contributed by atoms with Gasteiger partial charge in [-0.05, 0) is 108 Å². The zero-order valence-electron chi connectivity index (χ0n) is 27.3. The Labute approximate surface area is 270 Å². The summed E-state index contributed by atoms with van der Waals surface area (Å²) >= 11 is 0. The van der Waals surface area contributed by atoms with Crippen molar-refractivity contribution in [1.82, 2.24) is 0 Å². The van der Waals surface area contributed by atoms with Crippen LogP contribution in [-0.4, -0.2) is 28.6 Å². The van der Waals surface area contributed by atoms with Crippen LogP contribution < -0.4 is 15.0 Å². The Morgan fingerprint density at radius 1 is 0.422 bits per heavy atom. The van der Waals surface area contributed by atoms with Gasteiger partial charge in [-0.1, -0.05) is 71.3 Å². The summed E-state index contributed by atoms with van der Waals surface area (Å²) in [5.41, 5.74) is 10.1. The highest BCUT2D eigenvalue weighted by Gasteiger charge is 2.43. The largest absolute Gasteiger partial charge is 0.537 e. The molecule has 0 amide bonds. The summed E-state index contributed by atoms with van der Waals surface area (Å²) in [5, 5.41) is 0.958. The average Bonchev–Trinajstić information content (AvgIpc) is 3.05. The van der Waals surface area contributed by atoms with Crippen molar-refractivity contribution in [2.24, 2.45) is 0 Å². The third-order valence-electron chi connectivity index (χ3n) is 7.70. The van der Waals surface area contributed by atoms with E-state index in [-0.39, 0.29) is 0 Å². The van der Waals surface area contributed by atoms with Crippen LogP contribution in [-0.2, 0) is 13.3 Å². The number of benzene rings is 5. The van der Waals surface area contributed by atoms with Crippen LogP contribution in [0, 0.1) is 20.8 Å². The van der Waals surface area contributed by atoms with Gasteiger partial charge in [-0.3, -0.25) is 0 Å². The number of hydrogen-bond acceptors (Lipinski definition) is 5. The SMILES string of the molecule is CCO[Si](OCC)(OCC)c1ccc(N(c2ccc(C)cc2)c2cccc(N(c3ccc(C)cc3)c3ccc(C)cc3)c2)cc1. The highest BCUT2D eigenvalue weighted by atomic mass is 28.4. The summed E-state index contributed by atoms with van der Waals surface area (Å²) < 4.78 is 18.6. The van der Waals surface area contributed by atoms with Gasteiger partial charge in [-0.2, -0.15) is 0 Å². The summed E-state index contributed by atoms with van der Waals surface area (Å²) in [5.74, 6) is 0. The lowest BCUT2D eigenvalue weighted by Crippen LogP contribution is -2.56. The van der Waals surface area contributed by atoms with Crippen LogP contribution in [0.3, 0.4) is 0 Å². The molecule has 0 bridgehead atoms. The van der Waals surface area contributed by atoms with Gasteiger partial charge in [0.2, 0.25) is 0 Å². The molecule has 5 rings (SSSR count). The lowest BCUT2D eigenvalue weighted by atomic mass is 10.1. The van der Waals surface area contributed by atoms with Gasteiger partial charge in [0, 0.05) is 59.1 Å². The van der Waals surface area contributed by atoms with E-state index in [4.69, 9.17) is 13.3 Å². The van der Waals surface area contributed by atoms with Gasteiger partial charge < -0.3 is 23.1 Å². The van der Waals surface area contributed by atoms with Crippen molar-refractivity contribution >= 4 is 48.1 Å². The van der Waals surface area contributed by atoms with Crippen molar-refractivity contribution in [3.63, 3.8) is 0 Å². The summed E-state index contributed by atoms with van der Waals surface area (Å²) in [7, 11) is -3.03. The third-order valence-corrected chi connectivity index (χ3v) is 10.8. The minimum absolute atomic E-state index is 0.523. The van der Waals surface area contributed by atoms with Crippen LogP contribution in [0.15, 0.2) is 121 Å². The molecule has 0 N–H and O–H groups in total. The van der Waals surface area contributed by atoms with Crippen LogP contribution in [0.25, 0.3) is 0 Å². The van der Waals surface area contributed by atoms with Gasteiger partial charge in [0.15, 0.2) is 0 Å². The van der Waals surface area contributed by atoms with E-state index in [1.807, 2.05) is 20.8 Å². The fourth-order valence-corrected chi connectivity index (χ4v) is 7.97. The second-order valence-corrected chi connectivity index (χ2v) is 13.7. The Kier molecular flexibility index (Phi) is 10.5. The number of aryl methyl sites for hydroxylation is 3. The Morgan fingerprint density at radius 2 is 0.733 bits per heavy atom. The Bertz CT molecular complexity index is 1590. The van der Waals surface area contributed by atoms with Crippen LogP contribution in [0.2, 0.25) is 0 Å². The highest BCUT2D eigenvalue weighted by molar-refractivity contribution is 6.75. The van der Waals surface area contributed by atoms with Gasteiger partial charge in [-0.25, -0.2) is 0 Å². The lowest BCUT2D eigenvalue weighted by Gasteiger charge is -2.31. The Hall–Kier alpha value is -4.20. The smallest absolute Gasteiger partial charge is 0.370 e. The molecule has 0 unspecified atom stereocenters. The van der Waals surface area contributed by atoms with E-state index in [0.717, 1.165) is 39.3 Å². The molecule has 6 heteroatoms. The Morgan fingerprint density at radius 3 is 1.04 bits per heavy atom. The maximum absolute atomic E-state index is 6.20. The number of anilines is 6. The molecule has 0 aromatic heterocycles. The van der Waals surface area contributed by atoms with Crippen molar-refractivity contribution in [1.29, 1.82) is 0 Å². The minimum Gasteiger partial charge on any atom is -0.370 e. The first-order valence-electron chi connectivity index (χ1n) is 15.8. The molecule has 0 aliphatic heterocycles. The first-order chi connectivity index (χ1) is 21.9. The molecule has 0 aliphatic rings. The fraction of sp³-hybridized carbons (Fsp3) is 0.231. The maximum atomic E-state index is 6.20. The van der Waals surface area contributed by atoms with Crippen molar-refractivity contribution in [2.75, 3.05) is 29.6 Å². The van der Waals surface area contributed by atoms with Crippen LogP contribution in [0.4, 0.5) is 34.1 Å². The van der Waals surface area contributed by atoms with E-state index in [1.165, 1.54) is 16.7 Å². The first-order valence-corrected chi connectivity index (χ1v) is 17.5. The molecule has 0 atom stereocenters. The molecule has 0 spiro atoms. The van der Waals surface area contributed by atoms with Crippen molar-refractivity contribution < 1.29 is 13.3 Å². The van der Waals surface area contributed by atoms with E-state index >= 15 is 0 Å². The monoisotopic (exact) mass is 616 g/mol. The molecule has 0 heterocycles. The van der Waals surface area contributed by atoms with Crippen LogP contribution in [0.1, 0.15) is 37.5 Å². The van der Waals surface area contributed by atoms with E-state index in [1.54, 1.807) is 0 Å². The molecule has 0 saturated carbocycles. The lowest BCUT2D eigenvalue weighted by molar-refractivity contribution is 0.0859. The van der Waals surface area contributed by atoms with E-state index in [2.05, 4.69) is 152 Å². The molecule has 45 heavy (non-hydrogen) atoms. The van der Waals surface area contributed by atoms with Gasteiger partial charge in [0.25, 0.3) is 0 Å². The molecule has 5 nitrogen and oxygen atoms in total. The van der Waals surface area contributed by atoms with Crippen molar-refractivity contribution in [3.8, 4) is 0 Å². The van der Waals surface area contributed by atoms with Gasteiger partial charge in [-0.15, -0.1) is 0 Å². The summed E-state index contributed by atoms with van der Waals surface area (Å²) in [6.45, 7) is 13.9. The van der Waals surface area contributed by atoms with Crippen molar-refractivity contribution in [2.45, 2.75) is 41.5 Å². The van der Waals surface area contributed by atoms with E-state index in [0.29, 0.717) is 19.8 Å². The number of hydrogen-bond donors (Lipinski definition) is 0. The quantitative estimate of drug-likeness (QED) is 0.123. The molecule has 0 saturated heterocycles. The average molecular weight is 617 g/mol. The second-order valence-electron chi connectivity index (χ2n) is 11.1. The minimum atomic E-state index is -3.03. The third kappa shape index (κ3) is 7.38. The van der Waals surface area contributed by atoms with Crippen LogP contribution in [0.5, 0.6) is 0 Å². The fourth-order valence-electron chi connectivity index (χ4n) is 5.51. The Balaban J connectivity index is 1.62. The molecule has 0 radical (unpaired) electrons. The maximum Gasteiger partial charge on any atom is 0.537 e. The molecular formula is C39H44N2O3Si. The number of rotatable bonds is 13.